The Balaban J connectivity index is -0.000000461. The quantitative estimate of drug-likeness (QED) is 0.0683. The summed E-state index contributed by atoms with van der Waals surface area (Å²) in [4.78, 5) is 40.0. The minimum absolute atomic E-state index is 0.0231. The van der Waals surface area contributed by atoms with E-state index in [0.717, 1.165) is 18.1 Å². The Bertz CT molecular complexity index is 809. The molecule has 1 saturated heterocycles. The zero-order valence-electron chi connectivity index (χ0n) is 23.4. The third kappa shape index (κ3) is 30.8. The molecule has 40 heavy (non-hydrogen) atoms. The summed E-state index contributed by atoms with van der Waals surface area (Å²) in [5.74, 6) is -1.66. The van der Waals surface area contributed by atoms with Gasteiger partial charge in [-0.1, -0.05) is 28.0 Å². The molecule has 17 nitrogen and oxygen atoms in total. The fourth-order valence-corrected chi connectivity index (χ4v) is 5.09. The molecule has 0 aliphatic carbocycles. The van der Waals surface area contributed by atoms with Gasteiger partial charge >= 0.3 is 17.9 Å². The van der Waals surface area contributed by atoms with Crippen molar-refractivity contribution in [1.82, 2.24) is 9.80 Å². The van der Waals surface area contributed by atoms with Gasteiger partial charge in [-0.2, -0.15) is 9.98 Å². The standard InChI is InChI=1S/C8H14O2S2.C5H9NO4.2C4H11N5/c9-8(10)4-2-1-3-7-5-6-11-12-7;6-3(5(9)10)1-2-4(7)8;2*1-9(2)4(7)8-3(5)6/h7H,1-6H2,(H,9,10);3H,1-2,6H2,(H,7,8)(H,9,10);2*1-2H3,(H5,5,6,7,8)/t7-;3-;;/m10../s1. The zero-order chi connectivity index (χ0) is 31.8. The van der Waals surface area contributed by atoms with Gasteiger partial charge < -0.3 is 53.8 Å². The van der Waals surface area contributed by atoms with E-state index >= 15 is 0 Å². The molecular weight excluding hydrogens is 566 g/mol. The summed E-state index contributed by atoms with van der Waals surface area (Å²) in [7, 11) is 10.7. The van der Waals surface area contributed by atoms with Crippen molar-refractivity contribution < 1.29 is 29.7 Å². The smallest absolute Gasteiger partial charge is 0.320 e. The average molecular weight is 612 g/mol. The van der Waals surface area contributed by atoms with E-state index in [4.69, 9.17) is 54.8 Å². The second-order valence-electron chi connectivity index (χ2n) is 8.35. The Morgan fingerprint density at radius 3 is 1.60 bits per heavy atom. The van der Waals surface area contributed by atoms with E-state index in [9.17, 15) is 14.4 Å². The summed E-state index contributed by atoms with van der Waals surface area (Å²) in [5.41, 5.74) is 25.0. The molecule has 0 aromatic rings. The van der Waals surface area contributed by atoms with Crippen LogP contribution in [-0.2, 0) is 14.4 Å². The first-order chi connectivity index (χ1) is 18.4. The van der Waals surface area contributed by atoms with Gasteiger partial charge in [-0.15, -0.1) is 0 Å². The molecular formula is C21H45N11O6S2. The molecule has 0 spiro atoms. The number of rotatable bonds is 9. The van der Waals surface area contributed by atoms with Crippen molar-refractivity contribution in [2.45, 2.75) is 56.2 Å². The van der Waals surface area contributed by atoms with Gasteiger partial charge in [-0.25, -0.2) is 0 Å². The van der Waals surface area contributed by atoms with Crippen molar-refractivity contribution in [3.8, 4) is 0 Å². The molecule has 1 aliphatic heterocycles. The highest BCUT2D eigenvalue weighted by atomic mass is 33.1. The Kier molecular flexibility index (Phi) is 25.2. The van der Waals surface area contributed by atoms with Crippen LogP contribution in [0.1, 0.15) is 44.9 Å². The lowest BCUT2D eigenvalue weighted by atomic mass is 10.1. The molecule has 2 atom stereocenters. The molecule has 0 aromatic heterocycles. The summed E-state index contributed by atoms with van der Waals surface area (Å²) >= 11 is 0. The second-order valence-corrected chi connectivity index (χ2v) is 11.1. The van der Waals surface area contributed by atoms with E-state index in [-0.39, 0.29) is 36.7 Å². The van der Waals surface area contributed by atoms with Crippen molar-refractivity contribution in [2.24, 2.45) is 38.7 Å². The summed E-state index contributed by atoms with van der Waals surface area (Å²) in [6.45, 7) is 0. The Morgan fingerprint density at radius 2 is 1.32 bits per heavy atom. The Labute approximate surface area is 242 Å². The van der Waals surface area contributed by atoms with Crippen LogP contribution in [0, 0.1) is 10.8 Å². The average Bonchev–Trinajstić information content (AvgIpc) is 3.34. The maximum Gasteiger partial charge on any atom is 0.320 e. The highest BCUT2D eigenvalue weighted by Gasteiger charge is 2.15. The topological polar surface area (TPSA) is 321 Å². The minimum Gasteiger partial charge on any atom is -0.481 e. The first-order valence-electron chi connectivity index (χ1n) is 11.8. The highest BCUT2D eigenvalue weighted by molar-refractivity contribution is 8.77. The van der Waals surface area contributed by atoms with Gasteiger partial charge in [0.1, 0.15) is 6.04 Å². The molecule has 19 heteroatoms. The predicted octanol–water partition coefficient (Wildman–Crippen LogP) is -0.439. The molecule has 232 valence electrons. The van der Waals surface area contributed by atoms with Gasteiger partial charge in [0.25, 0.3) is 0 Å². The lowest BCUT2D eigenvalue weighted by Gasteiger charge is -2.07. The molecule has 0 aromatic carbocycles. The number of hydrogen-bond acceptors (Lipinski definition) is 8. The van der Waals surface area contributed by atoms with E-state index in [0.29, 0.717) is 6.42 Å². The number of hydrogen-bond donors (Lipinski definition) is 10. The van der Waals surface area contributed by atoms with Gasteiger partial charge in [0.15, 0.2) is 11.9 Å². The number of guanidine groups is 4. The van der Waals surface area contributed by atoms with Crippen molar-refractivity contribution in [3.63, 3.8) is 0 Å². The maximum absolute atomic E-state index is 10.2. The van der Waals surface area contributed by atoms with Crippen LogP contribution in [0.4, 0.5) is 0 Å². The van der Waals surface area contributed by atoms with Gasteiger partial charge in [0.2, 0.25) is 11.9 Å². The fourth-order valence-electron chi connectivity index (χ4n) is 2.06. The predicted molar refractivity (Wildman–Crippen MR) is 161 cm³/mol. The summed E-state index contributed by atoms with van der Waals surface area (Å²) < 4.78 is 0. The van der Waals surface area contributed by atoms with Crippen LogP contribution >= 0.6 is 21.6 Å². The van der Waals surface area contributed by atoms with Gasteiger partial charge in [-0.3, -0.25) is 25.2 Å². The minimum atomic E-state index is -1.17. The normalized spacial score (nSPS) is 13.7. The molecule has 0 saturated carbocycles. The number of carboxylic acids is 3. The van der Waals surface area contributed by atoms with Crippen LogP contribution in [0.2, 0.25) is 0 Å². The molecule has 0 amide bonds. The first kappa shape index (κ1) is 41.0. The van der Waals surface area contributed by atoms with Crippen LogP contribution in [0.5, 0.6) is 0 Å². The largest absolute Gasteiger partial charge is 0.481 e. The summed E-state index contributed by atoms with van der Waals surface area (Å²) in [5, 5.41) is 39.6. The number of carboxylic acid groups (broad SMARTS) is 3. The van der Waals surface area contributed by atoms with Crippen molar-refractivity contribution in [1.29, 1.82) is 10.8 Å². The SMILES string of the molecule is CN(C)C(=N)N=C(N)N.CN(C)C(=N)N=C(N)N.N[C@@H](CCC(=O)O)C(=O)O.O=C(O)CCCC[C@@H]1CCSS1. The zero-order valence-corrected chi connectivity index (χ0v) is 25.0. The molecule has 1 fully saturated rings. The van der Waals surface area contributed by atoms with Gasteiger partial charge in [0, 0.05) is 52.0 Å². The van der Waals surface area contributed by atoms with Crippen molar-refractivity contribution >= 4 is 63.3 Å². The molecule has 0 radical (unpaired) electrons. The van der Waals surface area contributed by atoms with E-state index in [1.54, 1.807) is 28.2 Å². The Morgan fingerprint density at radius 1 is 0.875 bits per heavy atom. The molecule has 0 bridgehead atoms. The molecule has 15 N–H and O–H groups in total. The number of nitrogens with one attached hydrogen (secondary N) is 2. The van der Waals surface area contributed by atoms with E-state index in [1.807, 2.05) is 21.6 Å². The lowest BCUT2D eigenvalue weighted by molar-refractivity contribution is -0.140. The molecule has 1 aliphatic rings. The molecule has 0 unspecified atom stereocenters. The number of nitrogens with zero attached hydrogens (tertiary/aromatic N) is 4. The number of unbranched alkanes of at least 4 members (excludes halogenated alkanes) is 1. The fraction of sp³-hybridized carbons (Fsp3) is 0.667. The lowest BCUT2D eigenvalue weighted by Crippen LogP contribution is -2.30. The van der Waals surface area contributed by atoms with Crippen LogP contribution in [-0.4, -0.2) is 112 Å². The van der Waals surface area contributed by atoms with Gasteiger partial charge in [-0.05, 0) is 25.7 Å². The van der Waals surface area contributed by atoms with E-state index in [1.165, 1.54) is 28.4 Å². The third-order valence-corrected chi connectivity index (χ3v) is 7.20. The van der Waals surface area contributed by atoms with E-state index < -0.39 is 23.9 Å². The highest BCUT2D eigenvalue weighted by Crippen LogP contribution is 2.39. The van der Waals surface area contributed by atoms with Crippen molar-refractivity contribution in [3.05, 3.63) is 0 Å². The third-order valence-electron chi connectivity index (χ3n) is 4.20. The molecule has 1 heterocycles. The summed E-state index contributed by atoms with van der Waals surface area (Å²) in [6, 6.07) is -1.06. The Hall–Kier alpha value is -3.45. The second kappa shape index (κ2) is 24.6. The number of aliphatic carboxylic acids is 3. The van der Waals surface area contributed by atoms with Gasteiger partial charge in [0.05, 0.1) is 0 Å². The molecule has 1 rings (SSSR count). The van der Waals surface area contributed by atoms with Crippen LogP contribution < -0.4 is 28.7 Å². The van der Waals surface area contributed by atoms with E-state index in [2.05, 4.69) is 9.98 Å². The first-order valence-corrected chi connectivity index (χ1v) is 14.2. The number of aliphatic imine (C=N–C) groups is 2. The monoisotopic (exact) mass is 611 g/mol. The number of carbonyl (C=O) groups is 3. The van der Waals surface area contributed by atoms with Crippen LogP contribution in [0.3, 0.4) is 0 Å². The maximum atomic E-state index is 10.2. The van der Waals surface area contributed by atoms with Crippen molar-refractivity contribution in [2.75, 3.05) is 33.9 Å². The van der Waals surface area contributed by atoms with Crippen LogP contribution in [0.15, 0.2) is 9.98 Å². The summed E-state index contributed by atoms with van der Waals surface area (Å²) in [6.07, 6.45) is 4.54. The van der Waals surface area contributed by atoms with Crippen LogP contribution in [0.25, 0.3) is 0 Å². The number of nitrogens with two attached hydrogens (primary N) is 5.